The van der Waals surface area contributed by atoms with Gasteiger partial charge in [0.1, 0.15) is 5.75 Å². The van der Waals surface area contributed by atoms with Gasteiger partial charge in [0, 0.05) is 36.1 Å². The third-order valence-electron chi connectivity index (χ3n) is 11.4. The van der Waals surface area contributed by atoms with Crippen molar-refractivity contribution in [1.82, 2.24) is 5.32 Å². The van der Waals surface area contributed by atoms with Crippen molar-refractivity contribution >= 4 is 11.5 Å². The monoisotopic (exact) mass is 755 g/mol. The topological polar surface area (TPSA) is 166 Å². The fraction of sp³-hybridized carbons (Fsp3) is 0.404. The van der Waals surface area contributed by atoms with Crippen LogP contribution in [0.15, 0.2) is 95.3 Å². The van der Waals surface area contributed by atoms with Gasteiger partial charge in [-0.1, -0.05) is 73.9 Å². The highest BCUT2D eigenvalue weighted by Gasteiger charge is 2.30. The fourth-order valence-corrected chi connectivity index (χ4v) is 8.16. The summed E-state index contributed by atoms with van der Waals surface area (Å²) in [6, 6.07) is 16.2. The van der Waals surface area contributed by atoms with Gasteiger partial charge in [0.2, 0.25) is 0 Å². The Hall–Kier alpha value is -5.14. The first-order valence-corrected chi connectivity index (χ1v) is 20.1. The molecule has 1 saturated carbocycles. The second kappa shape index (κ2) is 19.1. The molecule has 9 nitrogen and oxygen atoms in total. The highest BCUT2D eigenvalue weighted by Crippen LogP contribution is 2.44. The first-order chi connectivity index (χ1) is 27.1. The Morgan fingerprint density at radius 1 is 1.02 bits per heavy atom. The summed E-state index contributed by atoms with van der Waals surface area (Å²) < 4.78 is 6.08. The number of nitrogens with two attached hydrogens (primary N) is 2. The van der Waals surface area contributed by atoms with Crippen LogP contribution in [0.3, 0.4) is 0 Å². The molecule has 3 aliphatic rings. The molecular weight excluding hydrogens is 701 g/mol. The molecule has 294 valence electrons. The number of phenols is 2. The van der Waals surface area contributed by atoms with Crippen LogP contribution < -0.4 is 26.6 Å². The predicted molar refractivity (Wildman–Crippen MR) is 220 cm³/mol. The summed E-state index contributed by atoms with van der Waals surface area (Å²) in [4.78, 5) is 17.4. The molecule has 0 spiro atoms. The van der Waals surface area contributed by atoms with Gasteiger partial charge >= 0.3 is 0 Å². The standard InChI is InChI=1S/C47H56N4O5/c1-50-25-6-2-3-21-47(22-4-5-23-47)24-18-36(52)14-10-32-12-17-43(54)45(29-32)56-27-20-33-11-16-42(53)40(28-33)39-31-44(55)38-19-26-51-41(38)9-7-8-34-30-35(46(48)49)13-15-37(34)39/h11-13,15-19,24,26,28-30,39,46,50,53-55H,2-6,9-10,14,20-23,25,27,31,48-49H2,1H3/p-1. The molecule has 1 heterocycles. The average molecular weight is 756 g/mol. The van der Waals surface area contributed by atoms with Crippen LogP contribution in [0.25, 0.3) is 0 Å². The van der Waals surface area contributed by atoms with Crippen molar-refractivity contribution in [3.63, 3.8) is 0 Å². The van der Waals surface area contributed by atoms with E-state index < -0.39 is 12.1 Å². The van der Waals surface area contributed by atoms with Crippen molar-refractivity contribution in [2.45, 2.75) is 95.6 Å². The van der Waals surface area contributed by atoms with E-state index >= 15 is 0 Å². The van der Waals surface area contributed by atoms with Gasteiger partial charge in [-0.25, -0.2) is 0 Å². The molecule has 6 rings (SSSR count). The van der Waals surface area contributed by atoms with Gasteiger partial charge in [0.15, 0.2) is 17.3 Å². The normalized spacial score (nSPS) is 17.4. The van der Waals surface area contributed by atoms with Crippen LogP contribution in [0.2, 0.25) is 0 Å². The zero-order valence-corrected chi connectivity index (χ0v) is 32.5. The smallest absolute Gasteiger partial charge is 0.161 e. The number of aliphatic imine (C=N–C) groups is 1. The first kappa shape index (κ1) is 40.5. The number of hydrogen-bond acceptors (Lipinski definition) is 9. The lowest BCUT2D eigenvalue weighted by molar-refractivity contribution is -0.307. The van der Waals surface area contributed by atoms with Crippen molar-refractivity contribution in [2.75, 3.05) is 20.2 Å². The molecule has 9 heteroatoms. The Morgan fingerprint density at radius 3 is 2.59 bits per heavy atom. The van der Waals surface area contributed by atoms with Gasteiger partial charge in [-0.3, -0.25) is 9.79 Å². The van der Waals surface area contributed by atoms with Gasteiger partial charge in [-0.2, -0.15) is 0 Å². The van der Waals surface area contributed by atoms with Crippen LogP contribution >= 0.6 is 0 Å². The second-order valence-corrected chi connectivity index (χ2v) is 15.4. The molecule has 1 atom stereocenters. The lowest BCUT2D eigenvalue weighted by atomic mass is 9.80. The van der Waals surface area contributed by atoms with Crippen LogP contribution in [0.1, 0.15) is 116 Å². The van der Waals surface area contributed by atoms with Gasteiger partial charge in [0.25, 0.3) is 0 Å². The molecule has 0 radical (unpaired) electrons. The van der Waals surface area contributed by atoms with Crippen LogP contribution in [0.4, 0.5) is 0 Å². The molecule has 0 amide bonds. The molecular formula is C47H55N4O5-. The fourth-order valence-electron chi connectivity index (χ4n) is 8.16. The zero-order chi connectivity index (χ0) is 39.5. The number of benzene rings is 3. The Bertz CT molecular complexity index is 2060. The Morgan fingerprint density at radius 2 is 1.80 bits per heavy atom. The number of aryl methyl sites for hydroxylation is 1. The summed E-state index contributed by atoms with van der Waals surface area (Å²) in [5, 5.41) is 38.8. The highest BCUT2D eigenvalue weighted by atomic mass is 16.5. The predicted octanol–water partition coefficient (Wildman–Crippen LogP) is 6.89. The lowest BCUT2D eigenvalue weighted by Gasteiger charge is -2.27. The summed E-state index contributed by atoms with van der Waals surface area (Å²) in [6.45, 7) is 1.30. The van der Waals surface area contributed by atoms with E-state index in [4.69, 9.17) is 16.2 Å². The molecule has 3 aromatic rings. The van der Waals surface area contributed by atoms with Crippen LogP contribution in [0, 0.1) is 17.3 Å². The van der Waals surface area contributed by atoms with Crippen molar-refractivity contribution in [2.24, 2.45) is 21.9 Å². The number of phenolic OH excluding ortho intramolecular Hbond substituents is 2. The number of nitrogens with zero attached hydrogens (tertiary/aromatic N) is 1. The van der Waals surface area contributed by atoms with E-state index in [1.807, 2.05) is 49.5 Å². The number of aromatic hydroxyl groups is 2. The summed E-state index contributed by atoms with van der Waals surface area (Å²) in [5.74, 6) is 6.39. The van der Waals surface area contributed by atoms with Gasteiger partial charge in [-0.05, 0) is 122 Å². The number of allylic oxidation sites excluding steroid dienone is 5. The molecule has 1 aliphatic heterocycles. The van der Waals surface area contributed by atoms with E-state index in [2.05, 4.69) is 28.2 Å². The van der Waals surface area contributed by atoms with Crippen molar-refractivity contribution < 1.29 is 24.9 Å². The number of unbranched alkanes of at least 4 members (excludes halogenated alkanes) is 2. The lowest BCUT2D eigenvalue weighted by Crippen LogP contribution is -2.21. The number of carbonyl (C=O) groups excluding carboxylic acids is 1. The maximum Gasteiger partial charge on any atom is 0.161 e. The summed E-state index contributed by atoms with van der Waals surface area (Å²) in [6.07, 6.45) is 18.0. The Labute approximate surface area is 331 Å². The molecule has 2 aliphatic carbocycles. The van der Waals surface area contributed by atoms with Crippen LogP contribution in [0.5, 0.6) is 17.2 Å². The quantitative estimate of drug-likeness (QED) is 0.0430. The van der Waals surface area contributed by atoms with E-state index in [0.717, 1.165) is 42.5 Å². The van der Waals surface area contributed by atoms with E-state index in [-0.39, 0.29) is 41.5 Å². The SMILES string of the molecule is CNCCCCCC1(C=CC(=O)CCc2ccc(O)c(OCCc3ccc(O)c(C4CC([O-])=C5C=CN=C5CC#Cc5cc(C(N)N)ccc54)c3)c2)CCCC1. The minimum Gasteiger partial charge on any atom is -0.875 e. The molecule has 0 bridgehead atoms. The minimum atomic E-state index is -0.690. The number of carbonyl (C=O) groups is 1. The molecule has 3 aromatic carbocycles. The zero-order valence-electron chi connectivity index (χ0n) is 32.5. The number of rotatable bonds is 17. The Kier molecular flexibility index (Phi) is 13.8. The molecule has 7 N–H and O–H groups in total. The van der Waals surface area contributed by atoms with Gasteiger partial charge in [0.05, 0.1) is 24.9 Å². The van der Waals surface area contributed by atoms with Gasteiger partial charge < -0.3 is 36.8 Å². The largest absolute Gasteiger partial charge is 0.875 e. The van der Waals surface area contributed by atoms with Gasteiger partial charge in [-0.15, -0.1) is 5.76 Å². The van der Waals surface area contributed by atoms with E-state index in [1.54, 1.807) is 30.5 Å². The Balaban J connectivity index is 1.11. The summed E-state index contributed by atoms with van der Waals surface area (Å²) in [5.41, 5.74) is 17.9. The van der Waals surface area contributed by atoms with E-state index in [9.17, 15) is 20.1 Å². The average Bonchev–Trinajstić information content (AvgIpc) is 3.87. The van der Waals surface area contributed by atoms with E-state index in [0.29, 0.717) is 59.4 Å². The van der Waals surface area contributed by atoms with E-state index in [1.165, 1.54) is 32.1 Å². The van der Waals surface area contributed by atoms with Crippen molar-refractivity contribution in [1.29, 1.82) is 0 Å². The number of nitrogens with one attached hydrogen (secondary N) is 1. The molecule has 1 fully saturated rings. The van der Waals surface area contributed by atoms with Crippen LogP contribution in [-0.2, 0) is 17.6 Å². The molecule has 0 aromatic heterocycles. The second-order valence-electron chi connectivity index (χ2n) is 15.4. The number of fused-ring (bicyclic) bond motifs is 2. The first-order valence-electron chi connectivity index (χ1n) is 20.1. The summed E-state index contributed by atoms with van der Waals surface area (Å²) in [7, 11) is 1.99. The number of ether oxygens (including phenoxy) is 1. The molecule has 1 unspecified atom stereocenters. The van der Waals surface area contributed by atoms with Crippen molar-refractivity contribution in [3.8, 4) is 29.1 Å². The van der Waals surface area contributed by atoms with Crippen molar-refractivity contribution in [3.05, 3.63) is 124 Å². The molecule has 56 heavy (non-hydrogen) atoms. The van der Waals surface area contributed by atoms with Crippen LogP contribution in [-0.4, -0.2) is 41.9 Å². The maximum atomic E-state index is 13.7. The number of ketones is 1. The minimum absolute atomic E-state index is 0.0277. The number of hydrogen-bond donors (Lipinski definition) is 5. The maximum absolute atomic E-state index is 13.7. The summed E-state index contributed by atoms with van der Waals surface area (Å²) >= 11 is 0. The third-order valence-corrected chi connectivity index (χ3v) is 11.4. The third kappa shape index (κ3) is 10.4. The highest BCUT2D eigenvalue weighted by molar-refractivity contribution is 6.06. The molecule has 0 saturated heterocycles.